The average molecular weight is 528 g/mol. The summed E-state index contributed by atoms with van der Waals surface area (Å²) < 4.78 is 23.0. The van der Waals surface area contributed by atoms with Crippen molar-refractivity contribution in [2.75, 3.05) is 14.2 Å². The third-order valence-electron chi connectivity index (χ3n) is 7.11. The smallest absolute Gasteiger partial charge is 0.408 e. The summed E-state index contributed by atoms with van der Waals surface area (Å²) in [4.78, 5) is 26.6. The SMILES string of the molecule is COc1ccc2c(=O)c(-c3ccc(C4(NC(=O)OC(C)(C)C)CCC4)cc3)c(-c3ccccc3)oc2c1OC. The first-order chi connectivity index (χ1) is 18.7. The van der Waals surface area contributed by atoms with Gasteiger partial charge in [0.15, 0.2) is 11.3 Å². The lowest BCUT2D eigenvalue weighted by Crippen LogP contribution is -2.52. The van der Waals surface area contributed by atoms with Gasteiger partial charge in [-0.15, -0.1) is 0 Å². The third kappa shape index (κ3) is 4.97. The Morgan fingerprint density at radius 1 is 0.897 bits per heavy atom. The highest BCUT2D eigenvalue weighted by Crippen LogP contribution is 2.43. The van der Waals surface area contributed by atoms with E-state index in [1.165, 1.54) is 7.11 Å². The maximum absolute atomic E-state index is 14.0. The summed E-state index contributed by atoms with van der Waals surface area (Å²) in [5, 5.41) is 3.49. The van der Waals surface area contributed by atoms with Gasteiger partial charge in [-0.2, -0.15) is 0 Å². The third-order valence-corrected chi connectivity index (χ3v) is 7.11. The van der Waals surface area contributed by atoms with Gasteiger partial charge in [0, 0.05) is 5.56 Å². The molecule has 1 aliphatic rings. The number of hydrogen-bond acceptors (Lipinski definition) is 6. The molecule has 1 fully saturated rings. The number of carbonyl (C=O) groups is 1. The normalized spacial score (nSPS) is 14.4. The second kappa shape index (κ2) is 10.1. The monoisotopic (exact) mass is 527 g/mol. The quantitative estimate of drug-likeness (QED) is 0.289. The lowest BCUT2D eigenvalue weighted by molar-refractivity contribution is 0.0377. The highest BCUT2D eigenvalue weighted by atomic mass is 16.6. The molecule has 1 aliphatic carbocycles. The molecule has 1 N–H and O–H groups in total. The number of nitrogens with one attached hydrogen (secondary N) is 1. The van der Waals surface area contributed by atoms with Gasteiger partial charge in [0.1, 0.15) is 11.4 Å². The number of ether oxygens (including phenoxy) is 3. The molecule has 39 heavy (non-hydrogen) atoms. The molecule has 1 aromatic heterocycles. The fraction of sp³-hybridized carbons (Fsp3) is 0.312. The molecule has 5 rings (SSSR count). The van der Waals surface area contributed by atoms with Crippen molar-refractivity contribution in [3.63, 3.8) is 0 Å². The van der Waals surface area contributed by atoms with Gasteiger partial charge in [-0.25, -0.2) is 4.79 Å². The minimum Gasteiger partial charge on any atom is -0.493 e. The zero-order valence-electron chi connectivity index (χ0n) is 22.9. The summed E-state index contributed by atoms with van der Waals surface area (Å²) in [6, 6.07) is 20.7. The van der Waals surface area contributed by atoms with E-state index in [2.05, 4.69) is 5.32 Å². The summed E-state index contributed by atoms with van der Waals surface area (Å²) >= 11 is 0. The molecule has 0 unspecified atom stereocenters. The Hall–Kier alpha value is -4.26. The number of fused-ring (bicyclic) bond motifs is 1. The first-order valence-electron chi connectivity index (χ1n) is 13.0. The number of amides is 1. The number of methoxy groups -OCH3 is 2. The predicted molar refractivity (Wildman–Crippen MR) is 151 cm³/mol. The van der Waals surface area contributed by atoms with Crippen molar-refractivity contribution >= 4 is 17.1 Å². The topological polar surface area (TPSA) is 87.0 Å². The van der Waals surface area contributed by atoms with E-state index in [0.29, 0.717) is 33.8 Å². The average Bonchev–Trinajstić information content (AvgIpc) is 2.89. The highest BCUT2D eigenvalue weighted by Gasteiger charge is 2.41. The summed E-state index contributed by atoms with van der Waals surface area (Å²) in [6.45, 7) is 5.54. The van der Waals surface area contributed by atoms with E-state index in [9.17, 15) is 9.59 Å². The molecule has 0 spiro atoms. The summed E-state index contributed by atoms with van der Waals surface area (Å²) in [7, 11) is 3.07. The van der Waals surface area contributed by atoms with Crippen LogP contribution in [0.1, 0.15) is 45.6 Å². The number of alkyl carbamates (subject to hydrolysis) is 1. The molecule has 7 heteroatoms. The van der Waals surface area contributed by atoms with Crippen LogP contribution in [0.3, 0.4) is 0 Å². The van der Waals surface area contributed by atoms with Gasteiger partial charge < -0.3 is 23.9 Å². The molecule has 1 saturated carbocycles. The van der Waals surface area contributed by atoms with Gasteiger partial charge in [-0.3, -0.25) is 4.79 Å². The van der Waals surface area contributed by atoms with Crippen LogP contribution in [0.5, 0.6) is 11.5 Å². The van der Waals surface area contributed by atoms with Crippen LogP contribution in [0.4, 0.5) is 4.79 Å². The second-order valence-corrected chi connectivity index (χ2v) is 10.8. The fourth-order valence-corrected chi connectivity index (χ4v) is 5.10. The molecule has 1 heterocycles. The highest BCUT2D eigenvalue weighted by molar-refractivity contribution is 5.93. The molecule has 0 aliphatic heterocycles. The van der Waals surface area contributed by atoms with Crippen molar-refractivity contribution < 1.29 is 23.4 Å². The molecule has 0 saturated heterocycles. The van der Waals surface area contributed by atoms with E-state index in [-0.39, 0.29) is 5.43 Å². The number of rotatable bonds is 6. The lowest BCUT2D eigenvalue weighted by Gasteiger charge is -2.43. The molecular formula is C32H33NO6. The van der Waals surface area contributed by atoms with Gasteiger partial charge in [0.25, 0.3) is 0 Å². The van der Waals surface area contributed by atoms with Crippen molar-refractivity contribution in [1.29, 1.82) is 0 Å². The number of benzene rings is 3. The Kier molecular flexibility index (Phi) is 6.85. The van der Waals surface area contributed by atoms with Crippen LogP contribution in [-0.4, -0.2) is 25.9 Å². The van der Waals surface area contributed by atoms with E-state index in [1.807, 2.05) is 75.4 Å². The van der Waals surface area contributed by atoms with Crippen molar-refractivity contribution in [2.45, 2.75) is 51.2 Å². The second-order valence-electron chi connectivity index (χ2n) is 10.8. The zero-order valence-corrected chi connectivity index (χ0v) is 22.9. The molecule has 1 amide bonds. The van der Waals surface area contributed by atoms with Gasteiger partial charge in [-0.05, 0) is 63.3 Å². The van der Waals surface area contributed by atoms with E-state index >= 15 is 0 Å². The minimum atomic E-state index is -0.580. The zero-order chi connectivity index (χ0) is 27.8. The van der Waals surface area contributed by atoms with Gasteiger partial charge >= 0.3 is 6.09 Å². The molecule has 7 nitrogen and oxygen atoms in total. The standard InChI is InChI=1S/C32H33NO6/c1-31(2,3)39-30(35)33-32(18-9-19-32)22-14-12-20(13-15-22)25-26(34)23-16-17-24(36-4)29(37-5)28(23)38-27(25)21-10-7-6-8-11-21/h6-8,10-17H,9,18-19H2,1-5H3,(H,33,35). The van der Waals surface area contributed by atoms with Crippen molar-refractivity contribution in [2.24, 2.45) is 0 Å². The predicted octanol–water partition coefficient (Wildman–Crippen LogP) is 7.05. The molecule has 202 valence electrons. The van der Waals surface area contributed by atoms with E-state index in [1.54, 1.807) is 19.2 Å². The Morgan fingerprint density at radius 3 is 2.15 bits per heavy atom. The van der Waals surface area contributed by atoms with Crippen molar-refractivity contribution in [3.05, 3.63) is 82.5 Å². The van der Waals surface area contributed by atoms with E-state index in [4.69, 9.17) is 18.6 Å². The van der Waals surface area contributed by atoms with Crippen molar-refractivity contribution in [1.82, 2.24) is 5.32 Å². The van der Waals surface area contributed by atoms with Gasteiger partial charge in [-0.1, -0.05) is 54.6 Å². The Bertz CT molecular complexity index is 1560. The van der Waals surface area contributed by atoms with Crippen LogP contribution in [0.25, 0.3) is 33.4 Å². The van der Waals surface area contributed by atoms with Crippen LogP contribution < -0.4 is 20.2 Å². The molecule has 3 aromatic carbocycles. The summed E-state index contributed by atoms with van der Waals surface area (Å²) in [6.07, 6.45) is 2.22. The summed E-state index contributed by atoms with van der Waals surface area (Å²) in [5.74, 6) is 1.29. The first kappa shape index (κ1) is 26.4. The number of hydrogen-bond donors (Lipinski definition) is 1. The largest absolute Gasteiger partial charge is 0.493 e. The van der Waals surface area contributed by atoms with Crippen LogP contribution in [0.15, 0.2) is 75.9 Å². The van der Waals surface area contributed by atoms with E-state index < -0.39 is 17.2 Å². The van der Waals surface area contributed by atoms with Gasteiger partial charge in [0.2, 0.25) is 11.2 Å². The van der Waals surface area contributed by atoms with Crippen LogP contribution in [0, 0.1) is 0 Å². The maximum atomic E-state index is 14.0. The van der Waals surface area contributed by atoms with Crippen LogP contribution in [0.2, 0.25) is 0 Å². The Labute approximate surface area is 227 Å². The molecule has 0 bridgehead atoms. The maximum Gasteiger partial charge on any atom is 0.408 e. The Balaban J connectivity index is 1.62. The van der Waals surface area contributed by atoms with Crippen LogP contribution >= 0.6 is 0 Å². The first-order valence-corrected chi connectivity index (χ1v) is 13.0. The molecule has 0 atom stereocenters. The minimum absolute atomic E-state index is 0.172. The molecule has 4 aromatic rings. The summed E-state index contributed by atoms with van der Waals surface area (Å²) in [5.41, 5.74) is 2.00. The molecular weight excluding hydrogens is 494 g/mol. The van der Waals surface area contributed by atoms with Crippen molar-refractivity contribution in [3.8, 4) is 33.9 Å². The fourth-order valence-electron chi connectivity index (χ4n) is 5.10. The lowest BCUT2D eigenvalue weighted by atomic mass is 9.71. The van der Waals surface area contributed by atoms with Crippen LogP contribution in [-0.2, 0) is 10.3 Å². The Morgan fingerprint density at radius 2 is 1.59 bits per heavy atom. The van der Waals surface area contributed by atoms with Gasteiger partial charge in [0.05, 0.1) is 30.7 Å². The molecule has 0 radical (unpaired) electrons. The number of carbonyl (C=O) groups excluding carboxylic acids is 1. The van der Waals surface area contributed by atoms with E-state index in [0.717, 1.165) is 36.0 Å².